The first kappa shape index (κ1) is 21.7. The predicted molar refractivity (Wildman–Crippen MR) is 124 cm³/mol. The summed E-state index contributed by atoms with van der Waals surface area (Å²) in [6.45, 7) is 3.98. The van der Waals surface area contributed by atoms with E-state index >= 15 is 0 Å². The van der Waals surface area contributed by atoms with Gasteiger partial charge in [0.1, 0.15) is 16.8 Å². The van der Waals surface area contributed by atoms with Gasteiger partial charge < -0.3 is 15.5 Å². The Hall–Kier alpha value is -3.51. The van der Waals surface area contributed by atoms with Crippen LogP contribution in [0.3, 0.4) is 0 Å². The Kier molecular flexibility index (Phi) is 6.61. The molecule has 2 heterocycles. The van der Waals surface area contributed by atoms with Crippen LogP contribution in [0.25, 0.3) is 0 Å². The van der Waals surface area contributed by atoms with E-state index in [2.05, 4.69) is 31.6 Å². The van der Waals surface area contributed by atoms with E-state index in [1.165, 1.54) is 12.1 Å². The average molecular weight is 451 g/mol. The highest BCUT2D eigenvalue weighted by atomic mass is 32.2. The number of fused-ring (bicyclic) bond motifs is 1. The van der Waals surface area contributed by atoms with Crippen molar-refractivity contribution in [1.29, 1.82) is 5.26 Å². The second-order valence-corrected chi connectivity index (χ2v) is 8.75. The fourth-order valence-corrected chi connectivity index (χ4v) is 4.96. The van der Waals surface area contributed by atoms with E-state index in [1.54, 1.807) is 18.2 Å². The van der Waals surface area contributed by atoms with Crippen LogP contribution in [-0.4, -0.2) is 39.6 Å². The number of benzene rings is 2. The summed E-state index contributed by atoms with van der Waals surface area (Å²) in [5.41, 5.74) is 2.79. The van der Waals surface area contributed by atoms with Crippen LogP contribution in [0.15, 0.2) is 53.4 Å². The fraction of sp³-hybridized carbons (Fsp3) is 0.261. The highest BCUT2D eigenvalue weighted by Crippen LogP contribution is 2.31. The number of anilines is 4. The molecule has 2 aromatic carbocycles. The van der Waals surface area contributed by atoms with Crippen molar-refractivity contribution in [3.8, 4) is 6.07 Å². The van der Waals surface area contributed by atoms with Crippen molar-refractivity contribution >= 4 is 33.9 Å². The van der Waals surface area contributed by atoms with Gasteiger partial charge in [0, 0.05) is 37.5 Å². The predicted octanol–water partition coefficient (Wildman–Crippen LogP) is 3.83. The minimum atomic E-state index is -1.19. The highest BCUT2D eigenvalue weighted by molar-refractivity contribution is 7.85. The second-order valence-electron chi connectivity index (χ2n) is 7.24. The molecule has 1 unspecified atom stereocenters. The fourth-order valence-electron chi connectivity index (χ4n) is 3.66. The first-order chi connectivity index (χ1) is 15.6. The maximum Gasteiger partial charge on any atom is 0.225 e. The molecule has 32 heavy (non-hydrogen) atoms. The molecule has 0 fully saturated rings. The first-order valence-electron chi connectivity index (χ1n) is 10.4. The number of nitrogens with zero attached hydrogens (tertiary/aromatic N) is 4. The zero-order chi connectivity index (χ0) is 22.5. The SMILES string of the molecule is CCN(CCNc1nc2c(c(Nc3cccc(F)c3)n1)S(=O)CC2)c1ccccc1C#N. The molecule has 0 amide bonds. The molecule has 9 heteroatoms. The van der Waals surface area contributed by atoms with Crippen LogP contribution >= 0.6 is 0 Å². The van der Waals surface area contributed by atoms with Gasteiger partial charge in [-0.15, -0.1) is 0 Å². The van der Waals surface area contributed by atoms with Crippen LogP contribution in [0.2, 0.25) is 0 Å². The van der Waals surface area contributed by atoms with E-state index in [0.717, 1.165) is 17.9 Å². The lowest BCUT2D eigenvalue weighted by atomic mass is 10.1. The molecule has 1 aromatic heterocycles. The van der Waals surface area contributed by atoms with Crippen LogP contribution in [-0.2, 0) is 17.2 Å². The van der Waals surface area contributed by atoms with Crippen molar-refractivity contribution in [1.82, 2.24) is 9.97 Å². The minimum Gasteiger partial charge on any atom is -0.369 e. The molecule has 0 bridgehead atoms. The third-order valence-corrected chi connectivity index (χ3v) is 6.65. The van der Waals surface area contributed by atoms with E-state index in [-0.39, 0.29) is 5.82 Å². The van der Waals surface area contributed by atoms with Gasteiger partial charge in [-0.25, -0.2) is 9.37 Å². The number of aryl methyl sites for hydroxylation is 1. The molecule has 0 saturated carbocycles. The Morgan fingerprint density at radius 3 is 2.84 bits per heavy atom. The number of likely N-dealkylation sites (N-methyl/N-ethyl adjacent to an activating group) is 1. The quantitative estimate of drug-likeness (QED) is 0.539. The average Bonchev–Trinajstić information content (AvgIpc) is 3.17. The van der Waals surface area contributed by atoms with Gasteiger partial charge >= 0.3 is 0 Å². The van der Waals surface area contributed by atoms with Gasteiger partial charge in [0.15, 0.2) is 5.82 Å². The van der Waals surface area contributed by atoms with Gasteiger partial charge in [-0.3, -0.25) is 4.21 Å². The van der Waals surface area contributed by atoms with Crippen LogP contribution in [0.5, 0.6) is 0 Å². The third kappa shape index (κ3) is 4.70. The van der Waals surface area contributed by atoms with Gasteiger partial charge in [0.25, 0.3) is 0 Å². The summed E-state index contributed by atoms with van der Waals surface area (Å²) in [5, 5.41) is 15.7. The molecule has 3 aromatic rings. The van der Waals surface area contributed by atoms with Gasteiger partial charge in [-0.1, -0.05) is 18.2 Å². The maximum atomic E-state index is 13.6. The van der Waals surface area contributed by atoms with Gasteiger partial charge in [0.05, 0.1) is 27.7 Å². The Balaban J connectivity index is 1.52. The summed E-state index contributed by atoms with van der Waals surface area (Å²) in [7, 11) is -1.19. The minimum absolute atomic E-state index is 0.363. The largest absolute Gasteiger partial charge is 0.369 e. The lowest BCUT2D eigenvalue weighted by molar-refractivity contribution is 0.628. The molecular weight excluding hydrogens is 427 g/mol. The topological polar surface area (TPSA) is 93.9 Å². The molecule has 2 N–H and O–H groups in total. The summed E-state index contributed by atoms with van der Waals surface area (Å²) in [6.07, 6.45) is 0.605. The molecule has 0 aliphatic carbocycles. The molecule has 1 aliphatic heterocycles. The summed E-state index contributed by atoms with van der Waals surface area (Å²) in [6, 6.07) is 15.8. The Bertz CT molecular complexity index is 1200. The molecule has 0 saturated heterocycles. The van der Waals surface area contributed by atoms with Crippen LogP contribution in [0.1, 0.15) is 18.2 Å². The van der Waals surface area contributed by atoms with E-state index in [0.29, 0.717) is 53.2 Å². The van der Waals surface area contributed by atoms with Crippen LogP contribution in [0.4, 0.5) is 27.5 Å². The standard InChI is InChI=1S/C23H23FN6OS/c1-2-30(20-9-4-3-6-16(20)15-25)12-11-26-23-28-19-10-13-32(31)21(19)22(29-23)27-18-8-5-7-17(24)14-18/h3-9,14H,2,10-13H2,1H3,(H2,26,27,28,29). The van der Waals surface area contributed by atoms with Gasteiger partial charge in [-0.2, -0.15) is 10.2 Å². The highest BCUT2D eigenvalue weighted by Gasteiger charge is 2.26. The number of nitriles is 1. The Morgan fingerprint density at radius 1 is 1.22 bits per heavy atom. The normalized spacial score (nSPS) is 14.5. The number of rotatable bonds is 8. The molecule has 1 aliphatic rings. The molecule has 4 rings (SSSR count). The summed E-state index contributed by atoms with van der Waals surface area (Å²) in [4.78, 5) is 11.8. The zero-order valence-electron chi connectivity index (χ0n) is 17.6. The number of nitrogens with one attached hydrogen (secondary N) is 2. The van der Waals surface area contributed by atoms with Crippen molar-refractivity contribution in [2.75, 3.05) is 40.9 Å². The lowest BCUT2D eigenvalue weighted by Crippen LogP contribution is -2.29. The number of halogens is 1. The number of para-hydroxylation sites is 1. The second kappa shape index (κ2) is 9.75. The van der Waals surface area contributed by atoms with E-state index < -0.39 is 10.8 Å². The maximum absolute atomic E-state index is 13.6. The smallest absolute Gasteiger partial charge is 0.225 e. The number of hydrogen-bond acceptors (Lipinski definition) is 7. The van der Waals surface area contributed by atoms with Crippen molar-refractivity contribution in [2.45, 2.75) is 18.2 Å². The molecule has 164 valence electrons. The molecule has 1 atom stereocenters. The monoisotopic (exact) mass is 450 g/mol. The molecule has 0 radical (unpaired) electrons. The van der Waals surface area contributed by atoms with Crippen LogP contribution in [0, 0.1) is 17.1 Å². The van der Waals surface area contributed by atoms with Gasteiger partial charge in [-0.05, 0) is 37.3 Å². The van der Waals surface area contributed by atoms with Crippen LogP contribution < -0.4 is 15.5 Å². The number of hydrogen-bond donors (Lipinski definition) is 2. The van der Waals surface area contributed by atoms with Gasteiger partial charge in [0.2, 0.25) is 5.95 Å². The molecule has 7 nitrogen and oxygen atoms in total. The Morgan fingerprint density at radius 2 is 2.06 bits per heavy atom. The van der Waals surface area contributed by atoms with Crippen molar-refractivity contribution < 1.29 is 8.60 Å². The summed E-state index contributed by atoms with van der Waals surface area (Å²) in [5.74, 6) is 0.990. The van der Waals surface area contributed by atoms with E-state index in [4.69, 9.17) is 0 Å². The van der Waals surface area contributed by atoms with E-state index in [9.17, 15) is 13.9 Å². The first-order valence-corrected chi connectivity index (χ1v) is 11.7. The molecule has 0 spiro atoms. The van der Waals surface area contributed by atoms with Crippen molar-refractivity contribution in [2.24, 2.45) is 0 Å². The Labute approximate surface area is 188 Å². The van der Waals surface area contributed by atoms with Crippen molar-refractivity contribution in [3.63, 3.8) is 0 Å². The number of aromatic nitrogens is 2. The van der Waals surface area contributed by atoms with E-state index in [1.807, 2.05) is 25.1 Å². The lowest BCUT2D eigenvalue weighted by Gasteiger charge is -2.24. The van der Waals surface area contributed by atoms with Crippen molar-refractivity contribution in [3.05, 3.63) is 65.6 Å². The summed E-state index contributed by atoms with van der Waals surface area (Å²) < 4.78 is 26.1. The molecular formula is C23H23FN6OS. The summed E-state index contributed by atoms with van der Waals surface area (Å²) >= 11 is 0. The third-order valence-electron chi connectivity index (χ3n) is 5.19. The zero-order valence-corrected chi connectivity index (χ0v) is 18.5.